The molecule has 1 aliphatic rings. The van der Waals surface area contributed by atoms with E-state index in [1.165, 1.54) is 19.3 Å². The van der Waals surface area contributed by atoms with Crippen LogP contribution in [0.3, 0.4) is 0 Å². The van der Waals surface area contributed by atoms with Crippen LogP contribution >= 0.6 is 12.4 Å². The lowest BCUT2D eigenvalue weighted by atomic mass is 9.85. The molecular formula is C13H27ClN2O. The highest BCUT2D eigenvalue weighted by atomic mass is 35.5. The summed E-state index contributed by atoms with van der Waals surface area (Å²) in [4.78, 5) is 11.9. The van der Waals surface area contributed by atoms with Crippen molar-refractivity contribution in [3.05, 3.63) is 0 Å². The van der Waals surface area contributed by atoms with E-state index in [4.69, 9.17) is 5.73 Å². The van der Waals surface area contributed by atoms with Gasteiger partial charge in [0.2, 0.25) is 5.91 Å². The molecule has 0 aromatic heterocycles. The first kappa shape index (κ1) is 16.7. The van der Waals surface area contributed by atoms with Crippen LogP contribution in [0.1, 0.15) is 52.9 Å². The Balaban J connectivity index is 0.00000256. The second-order valence-electron chi connectivity index (χ2n) is 5.61. The first-order valence-electron chi connectivity index (χ1n) is 6.56. The Morgan fingerprint density at radius 2 is 1.94 bits per heavy atom. The first-order chi connectivity index (χ1) is 7.50. The third-order valence-corrected chi connectivity index (χ3v) is 3.50. The van der Waals surface area contributed by atoms with Crippen molar-refractivity contribution in [3.63, 3.8) is 0 Å². The summed E-state index contributed by atoms with van der Waals surface area (Å²) in [7, 11) is 0. The van der Waals surface area contributed by atoms with Crippen molar-refractivity contribution in [1.29, 1.82) is 0 Å². The SMILES string of the molecule is CC(C)C[C@H](N)C(=O)NC1CCCCC1C.Cl. The molecule has 3 nitrogen and oxygen atoms in total. The highest BCUT2D eigenvalue weighted by Crippen LogP contribution is 2.23. The average Bonchev–Trinajstić information content (AvgIpc) is 2.20. The molecule has 1 rings (SSSR count). The van der Waals surface area contributed by atoms with Gasteiger partial charge in [0.25, 0.3) is 0 Å². The molecule has 0 radical (unpaired) electrons. The van der Waals surface area contributed by atoms with Crippen LogP contribution in [0.25, 0.3) is 0 Å². The number of rotatable bonds is 4. The lowest BCUT2D eigenvalue weighted by Gasteiger charge is -2.30. The summed E-state index contributed by atoms with van der Waals surface area (Å²) in [6.07, 6.45) is 5.64. The standard InChI is InChI=1S/C13H26N2O.ClH/c1-9(2)8-11(14)13(16)15-12-7-5-4-6-10(12)3;/h9-12H,4-8,14H2,1-3H3,(H,15,16);1H/t10?,11-,12?;/m0./s1. The van der Waals surface area contributed by atoms with E-state index in [0.29, 0.717) is 17.9 Å². The van der Waals surface area contributed by atoms with E-state index in [-0.39, 0.29) is 24.4 Å². The largest absolute Gasteiger partial charge is 0.352 e. The fraction of sp³-hybridized carbons (Fsp3) is 0.923. The van der Waals surface area contributed by atoms with Crippen molar-refractivity contribution in [2.24, 2.45) is 17.6 Å². The minimum Gasteiger partial charge on any atom is -0.352 e. The lowest BCUT2D eigenvalue weighted by molar-refractivity contribution is -0.124. The van der Waals surface area contributed by atoms with Crippen LogP contribution < -0.4 is 11.1 Å². The zero-order valence-corrected chi connectivity index (χ0v) is 12.1. The van der Waals surface area contributed by atoms with Gasteiger partial charge in [-0.3, -0.25) is 4.79 Å². The van der Waals surface area contributed by atoms with Crippen LogP contribution in [0, 0.1) is 11.8 Å². The maximum absolute atomic E-state index is 11.9. The van der Waals surface area contributed by atoms with Crippen LogP contribution in [0.5, 0.6) is 0 Å². The van der Waals surface area contributed by atoms with E-state index in [1.807, 2.05) is 0 Å². The molecule has 3 atom stereocenters. The molecule has 102 valence electrons. The predicted octanol–water partition coefficient (Wildman–Crippen LogP) is 2.48. The second kappa shape index (κ2) is 7.93. The fourth-order valence-electron chi connectivity index (χ4n) is 2.44. The number of carbonyl (C=O) groups excluding carboxylic acids is 1. The number of hydrogen-bond donors (Lipinski definition) is 2. The summed E-state index contributed by atoms with van der Waals surface area (Å²) in [6, 6.07) is 0.00795. The molecule has 17 heavy (non-hydrogen) atoms. The summed E-state index contributed by atoms with van der Waals surface area (Å²) in [5.41, 5.74) is 5.87. The number of halogens is 1. The highest BCUT2D eigenvalue weighted by molar-refractivity contribution is 5.85. The molecule has 1 amide bonds. The van der Waals surface area contributed by atoms with E-state index in [2.05, 4.69) is 26.1 Å². The highest BCUT2D eigenvalue weighted by Gasteiger charge is 2.25. The second-order valence-corrected chi connectivity index (χ2v) is 5.61. The Labute approximate surface area is 111 Å². The number of nitrogens with one attached hydrogen (secondary N) is 1. The smallest absolute Gasteiger partial charge is 0.237 e. The van der Waals surface area contributed by atoms with Crippen molar-refractivity contribution >= 4 is 18.3 Å². The molecule has 0 aliphatic heterocycles. The molecule has 0 aromatic carbocycles. The minimum atomic E-state index is -0.339. The van der Waals surface area contributed by atoms with Gasteiger partial charge in [-0.1, -0.05) is 33.6 Å². The van der Waals surface area contributed by atoms with Gasteiger partial charge in [-0.15, -0.1) is 12.4 Å². The Kier molecular flexibility index (Phi) is 7.80. The Morgan fingerprint density at radius 3 is 2.47 bits per heavy atom. The lowest BCUT2D eigenvalue weighted by Crippen LogP contribution is -2.48. The molecular weight excluding hydrogens is 236 g/mol. The van der Waals surface area contributed by atoms with E-state index in [0.717, 1.165) is 12.8 Å². The molecule has 0 spiro atoms. The molecule has 2 unspecified atom stereocenters. The third kappa shape index (κ3) is 5.73. The first-order valence-corrected chi connectivity index (χ1v) is 6.56. The van der Waals surface area contributed by atoms with Crippen LogP contribution in [-0.2, 0) is 4.79 Å². The van der Waals surface area contributed by atoms with Gasteiger partial charge in [-0.05, 0) is 31.1 Å². The summed E-state index contributed by atoms with van der Waals surface area (Å²) < 4.78 is 0. The minimum absolute atomic E-state index is 0. The number of amides is 1. The maximum Gasteiger partial charge on any atom is 0.237 e. The van der Waals surface area contributed by atoms with Gasteiger partial charge >= 0.3 is 0 Å². The van der Waals surface area contributed by atoms with Crippen molar-refractivity contribution < 1.29 is 4.79 Å². The van der Waals surface area contributed by atoms with Gasteiger partial charge in [0.1, 0.15) is 0 Å². The van der Waals surface area contributed by atoms with Crippen LogP contribution in [-0.4, -0.2) is 18.0 Å². The molecule has 3 N–H and O–H groups in total. The predicted molar refractivity (Wildman–Crippen MR) is 74.2 cm³/mol. The van der Waals surface area contributed by atoms with E-state index in [9.17, 15) is 4.79 Å². The number of nitrogens with two attached hydrogens (primary N) is 1. The normalized spacial score (nSPS) is 26.2. The van der Waals surface area contributed by atoms with Crippen molar-refractivity contribution in [3.8, 4) is 0 Å². The Bertz CT molecular complexity index is 233. The quantitative estimate of drug-likeness (QED) is 0.818. The van der Waals surface area contributed by atoms with Gasteiger partial charge in [0, 0.05) is 6.04 Å². The zero-order valence-electron chi connectivity index (χ0n) is 11.2. The van der Waals surface area contributed by atoms with Gasteiger partial charge in [0.15, 0.2) is 0 Å². The van der Waals surface area contributed by atoms with Crippen molar-refractivity contribution in [2.45, 2.75) is 65.0 Å². The van der Waals surface area contributed by atoms with E-state index >= 15 is 0 Å². The Morgan fingerprint density at radius 1 is 1.35 bits per heavy atom. The Hall–Kier alpha value is -0.280. The molecule has 1 fully saturated rings. The van der Waals surface area contributed by atoms with Gasteiger partial charge in [0.05, 0.1) is 6.04 Å². The molecule has 1 saturated carbocycles. The number of carbonyl (C=O) groups is 1. The fourth-order valence-corrected chi connectivity index (χ4v) is 2.44. The van der Waals surface area contributed by atoms with Gasteiger partial charge < -0.3 is 11.1 Å². The molecule has 4 heteroatoms. The van der Waals surface area contributed by atoms with E-state index in [1.54, 1.807) is 0 Å². The van der Waals surface area contributed by atoms with Gasteiger partial charge in [-0.25, -0.2) is 0 Å². The van der Waals surface area contributed by atoms with Crippen molar-refractivity contribution in [2.75, 3.05) is 0 Å². The van der Waals surface area contributed by atoms with Crippen LogP contribution in [0.2, 0.25) is 0 Å². The summed E-state index contributed by atoms with van der Waals surface area (Å²) in [5.74, 6) is 1.11. The zero-order chi connectivity index (χ0) is 12.1. The monoisotopic (exact) mass is 262 g/mol. The summed E-state index contributed by atoms with van der Waals surface area (Å²) in [5, 5.41) is 3.11. The molecule has 0 saturated heterocycles. The van der Waals surface area contributed by atoms with Crippen LogP contribution in [0.4, 0.5) is 0 Å². The molecule has 1 aliphatic carbocycles. The average molecular weight is 263 g/mol. The van der Waals surface area contributed by atoms with Crippen LogP contribution in [0.15, 0.2) is 0 Å². The van der Waals surface area contributed by atoms with E-state index < -0.39 is 0 Å². The third-order valence-electron chi connectivity index (χ3n) is 3.50. The van der Waals surface area contributed by atoms with Gasteiger partial charge in [-0.2, -0.15) is 0 Å². The molecule has 0 bridgehead atoms. The molecule has 0 heterocycles. The maximum atomic E-state index is 11.9. The summed E-state index contributed by atoms with van der Waals surface area (Å²) >= 11 is 0. The molecule has 0 aromatic rings. The van der Waals surface area contributed by atoms with Crippen molar-refractivity contribution in [1.82, 2.24) is 5.32 Å². The topological polar surface area (TPSA) is 55.1 Å². The number of hydrogen-bond acceptors (Lipinski definition) is 2. The summed E-state index contributed by atoms with van der Waals surface area (Å²) in [6.45, 7) is 6.41.